The molecule has 36 heavy (non-hydrogen) atoms. The van der Waals surface area contributed by atoms with Crippen LogP contribution in [0.5, 0.6) is 0 Å². The maximum atomic E-state index is 12.3. The molecular weight excluding hydrogens is 474 g/mol. The lowest BCUT2D eigenvalue weighted by molar-refractivity contribution is 0.0996. The van der Waals surface area contributed by atoms with Crippen molar-refractivity contribution in [3.63, 3.8) is 0 Å². The van der Waals surface area contributed by atoms with Crippen LogP contribution in [0.3, 0.4) is 0 Å². The summed E-state index contributed by atoms with van der Waals surface area (Å²) in [5, 5.41) is 4.42. The van der Waals surface area contributed by atoms with Gasteiger partial charge in [0.1, 0.15) is 17.0 Å². The van der Waals surface area contributed by atoms with Crippen LogP contribution in [-0.4, -0.2) is 47.0 Å². The zero-order valence-corrected chi connectivity index (χ0v) is 20.4. The number of benzene rings is 3. The van der Waals surface area contributed by atoms with Crippen LogP contribution >= 0.6 is 12.4 Å². The van der Waals surface area contributed by atoms with E-state index < -0.39 is 5.91 Å². The molecule has 8 heteroatoms. The molecule has 3 N–H and O–H groups in total. The average molecular weight is 500 g/mol. The Labute approximate surface area is 214 Å². The van der Waals surface area contributed by atoms with Crippen LogP contribution in [-0.2, 0) is 6.54 Å². The Morgan fingerprint density at radius 3 is 2.36 bits per heavy atom. The Kier molecular flexibility index (Phi) is 6.69. The van der Waals surface area contributed by atoms with Gasteiger partial charge in [0.15, 0.2) is 5.69 Å². The van der Waals surface area contributed by atoms with Crippen molar-refractivity contribution in [1.29, 1.82) is 0 Å². The second kappa shape index (κ2) is 10.1. The van der Waals surface area contributed by atoms with Crippen molar-refractivity contribution in [1.82, 2.24) is 20.2 Å². The van der Waals surface area contributed by atoms with E-state index in [1.165, 1.54) is 5.56 Å². The summed E-state index contributed by atoms with van der Waals surface area (Å²) in [6.45, 7) is 5.04. The van der Waals surface area contributed by atoms with Crippen molar-refractivity contribution in [2.45, 2.75) is 6.54 Å². The van der Waals surface area contributed by atoms with Gasteiger partial charge in [-0.25, -0.2) is 9.97 Å². The molecule has 1 saturated heterocycles. The minimum absolute atomic E-state index is 0. The van der Waals surface area contributed by atoms with Gasteiger partial charge >= 0.3 is 0 Å². The number of nitrogens with zero attached hydrogens (tertiary/aromatic N) is 3. The highest BCUT2D eigenvalue weighted by Crippen LogP contribution is 2.36. The summed E-state index contributed by atoms with van der Waals surface area (Å²) in [7, 11) is 0. The Balaban J connectivity index is 0.00000267. The maximum absolute atomic E-state index is 12.3. The molecule has 0 atom stereocenters. The third kappa shape index (κ3) is 4.56. The Bertz CT molecular complexity index is 1560. The molecule has 0 unspecified atom stereocenters. The van der Waals surface area contributed by atoms with E-state index in [9.17, 15) is 4.79 Å². The number of fused-ring (bicyclic) bond motifs is 2. The molecule has 1 fully saturated rings. The van der Waals surface area contributed by atoms with Gasteiger partial charge in [0.05, 0.1) is 11.0 Å². The standard InChI is InChI=1S/C28H25N5O2.ClH/c29-28(34)27-26(31-22-7-3-4-8-23(22)32-27)21-6-2-1-5-20(21)25-16-19-10-9-18(15-24(19)35-25)17-33-13-11-30-12-14-33;/h1-10,15-16,30H,11-14,17H2,(H2,29,34);1H. The highest BCUT2D eigenvalue weighted by Gasteiger charge is 2.20. The molecule has 0 bridgehead atoms. The molecule has 0 aliphatic carbocycles. The van der Waals surface area contributed by atoms with Gasteiger partial charge in [0.2, 0.25) is 0 Å². The van der Waals surface area contributed by atoms with Crippen molar-refractivity contribution in [3.05, 3.63) is 84.1 Å². The molecule has 0 spiro atoms. The quantitative estimate of drug-likeness (QED) is 0.366. The molecule has 1 aliphatic heterocycles. The van der Waals surface area contributed by atoms with E-state index in [2.05, 4.69) is 33.4 Å². The number of hydrogen-bond acceptors (Lipinski definition) is 6. The molecule has 3 heterocycles. The number of nitrogens with two attached hydrogens (primary N) is 1. The Hall–Kier alpha value is -3.78. The number of rotatable bonds is 5. The van der Waals surface area contributed by atoms with Gasteiger partial charge in [-0.3, -0.25) is 9.69 Å². The third-order valence-corrected chi connectivity index (χ3v) is 6.45. The van der Waals surface area contributed by atoms with Crippen molar-refractivity contribution in [3.8, 4) is 22.6 Å². The van der Waals surface area contributed by atoms with Gasteiger partial charge in [-0.05, 0) is 29.8 Å². The molecule has 0 saturated carbocycles. The number of primary amides is 1. The largest absolute Gasteiger partial charge is 0.456 e. The number of piperazine rings is 1. The summed E-state index contributed by atoms with van der Waals surface area (Å²) in [4.78, 5) is 24.1. The van der Waals surface area contributed by atoms with Gasteiger partial charge in [-0.1, -0.05) is 48.5 Å². The molecule has 0 radical (unpaired) electrons. The smallest absolute Gasteiger partial charge is 0.269 e. The minimum Gasteiger partial charge on any atom is -0.456 e. The number of aromatic nitrogens is 2. The number of hydrogen-bond donors (Lipinski definition) is 2. The van der Waals surface area contributed by atoms with Crippen molar-refractivity contribution < 1.29 is 9.21 Å². The molecule has 2 aromatic heterocycles. The summed E-state index contributed by atoms with van der Waals surface area (Å²) in [6, 6.07) is 23.6. The van der Waals surface area contributed by atoms with Crippen molar-refractivity contribution >= 4 is 40.3 Å². The van der Waals surface area contributed by atoms with E-state index >= 15 is 0 Å². The van der Waals surface area contributed by atoms with E-state index in [0.717, 1.165) is 54.8 Å². The normalized spacial score (nSPS) is 14.1. The van der Waals surface area contributed by atoms with Gasteiger partial charge < -0.3 is 15.5 Å². The Morgan fingerprint density at radius 2 is 1.61 bits per heavy atom. The first-order valence-corrected chi connectivity index (χ1v) is 11.8. The van der Waals surface area contributed by atoms with Crippen LogP contribution in [0.1, 0.15) is 16.1 Å². The summed E-state index contributed by atoms with van der Waals surface area (Å²) < 4.78 is 6.34. The Morgan fingerprint density at radius 1 is 0.917 bits per heavy atom. The summed E-state index contributed by atoms with van der Waals surface area (Å²) in [5.74, 6) is 0.0931. The number of furan rings is 1. The highest BCUT2D eigenvalue weighted by molar-refractivity contribution is 6.01. The number of carbonyl (C=O) groups is 1. The fraction of sp³-hybridized carbons (Fsp3) is 0.179. The maximum Gasteiger partial charge on any atom is 0.269 e. The van der Waals surface area contributed by atoms with E-state index in [0.29, 0.717) is 22.5 Å². The van der Waals surface area contributed by atoms with E-state index in [-0.39, 0.29) is 18.1 Å². The predicted octanol–water partition coefficient (Wildman–Crippen LogP) is 4.64. The number of amides is 1. The van der Waals surface area contributed by atoms with Gasteiger partial charge in [-0.15, -0.1) is 12.4 Å². The van der Waals surface area contributed by atoms with Crippen LogP contribution in [0.4, 0.5) is 0 Å². The molecule has 6 rings (SSSR count). The summed E-state index contributed by atoms with van der Waals surface area (Å²) in [6.07, 6.45) is 0. The minimum atomic E-state index is -0.616. The molecular formula is C28H26ClN5O2. The molecule has 1 aliphatic rings. The fourth-order valence-electron chi connectivity index (χ4n) is 4.70. The number of nitrogens with one attached hydrogen (secondary N) is 1. The van der Waals surface area contributed by atoms with Crippen LogP contribution in [0.2, 0.25) is 0 Å². The average Bonchev–Trinajstić information content (AvgIpc) is 3.32. The number of halogens is 1. The van der Waals surface area contributed by atoms with Crippen molar-refractivity contribution in [2.24, 2.45) is 5.73 Å². The molecule has 7 nitrogen and oxygen atoms in total. The lowest BCUT2D eigenvalue weighted by Crippen LogP contribution is -2.42. The van der Waals surface area contributed by atoms with Crippen molar-refractivity contribution in [2.75, 3.05) is 26.2 Å². The first-order chi connectivity index (χ1) is 17.2. The van der Waals surface area contributed by atoms with Gasteiger partial charge in [0.25, 0.3) is 5.91 Å². The fourth-order valence-corrected chi connectivity index (χ4v) is 4.70. The third-order valence-electron chi connectivity index (χ3n) is 6.45. The molecule has 182 valence electrons. The van der Waals surface area contributed by atoms with E-state index in [1.807, 2.05) is 54.6 Å². The monoisotopic (exact) mass is 499 g/mol. The van der Waals surface area contributed by atoms with E-state index in [1.54, 1.807) is 0 Å². The van der Waals surface area contributed by atoms with Crippen LogP contribution in [0.25, 0.3) is 44.6 Å². The number of para-hydroxylation sites is 2. The number of carbonyl (C=O) groups excluding carboxylic acids is 1. The molecule has 3 aromatic carbocycles. The first-order valence-electron chi connectivity index (χ1n) is 11.8. The molecule has 5 aromatic rings. The summed E-state index contributed by atoms with van der Waals surface area (Å²) in [5.41, 5.74) is 11.3. The first kappa shape index (κ1) is 23.9. The second-order valence-corrected chi connectivity index (χ2v) is 8.83. The zero-order valence-electron chi connectivity index (χ0n) is 19.6. The highest BCUT2D eigenvalue weighted by atomic mass is 35.5. The SMILES string of the molecule is Cl.NC(=O)c1nc2ccccc2nc1-c1ccccc1-c1cc2ccc(CN3CCNCC3)cc2o1. The topological polar surface area (TPSA) is 97.3 Å². The van der Waals surface area contributed by atoms with Gasteiger partial charge in [0, 0.05) is 49.2 Å². The second-order valence-electron chi connectivity index (χ2n) is 8.83. The lowest BCUT2D eigenvalue weighted by atomic mass is 10.00. The van der Waals surface area contributed by atoms with Crippen LogP contribution < -0.4 is 11.1 Å². The zero-order chi connectivity index (χ0) is 23.8. The van der Waals surface area contributed by atoms with E-state index in [4.69, 9.17) is 15.1 Å². The molecule has 1 amide bonds. The van der Waals surface area contributed by atoms with Crippen LogP contribution in [0, 0.1) is 0 Å². The lowest BCUT2D eigenvalue weighted by Gasteiger charge is -2.27. The van der Waals surface area contributed by atoms with Gasteiger partial charge in [-0.2, -0.15) is 0 Å². The predicted molar refractivity (Wildman–Crippen MR) is 144 cm³/mol. The van der Waals surface area contributed by atoms with Crippen LogP contribution in [0.15, 0.2) is 77.2 Å². The summed E-state index contributed by atoms with van der Waals surface area (Å²) >= 11 is 0.